The third-order valence-electron chi connectivity index (χ3n) is 5.61. The molecule has 2 heterocycles. The van der Waals surface area contributed by atoms with Crippen LogP contribution in [0.1, 0.15) is 35.3 Å². The molecule has 1 saturated carbocycles. The second kappa shape index (κ2) is 5.99. The minimum absolute atomic E-state index is 0.00823. The third kappa shape index (κ3) is 2.44. The highest BCUT2D eigenvalue weighted by Gasteiger charge is 2.57. The van der Waals surface area contributed by atoms with Crippen LogP contribution in [0.4, 0.5) is 0 Å². The SMILES string of the molecule is COC1CC(OC)C12CCN(C(=O)c1cc(C#N)cn1C)CC2. The van der Waals surface area contributed by atoms with E-state index in [1.54, 1.807) is 38.1 Å². The summed E-state index contributed by atoms with van der Waals surface area (Å²) in [5.74, 6) is -0.00823. The molecule has 6 nitrogen and oxygen atoms in total. The van der Waals surface area contributed by atoms with E-state index in [-0.39, 0.29) is 23.5 Å². The maximum Gasteiger partial charge on any atom is 0.270 e. The Hall–Kier alpha value is -1.84. The van der Waals surface area contributed by atoms with Crippen molar-refractivity contribution in [3.63, 3.8) is 0 Å². The number of amides is 1. The van der Waals surface area contributed by atoms with Crippen LogP contribution in [0.3, 0.4) is 0 Å². The van der Waals surface area contributed by atoms with E-state index in [0.717, 1.165) is 19.3 Å². The summed E-state index contributed by atoms with van der Waals surface area (Å²) in [4.78, 5) is 14.6. The molecule has 2 aliphatic rings. The molecular weight excluding hydrogens is 294 g/mol. The number of rotatable bonds is 3. The summed E-state index contributed by atoms with van der Waals surface area (Å²) in [6.07, 6.45) is 4.86. The average molecular weight is 317 g/mol. The minimum atomic E-state index is -0.00823. The molecule has 0 radical (unpaired) electrons. The Morgan fingerprint density at radius 1 is 1.30 bits per heavy atom. The van der Waals surface area contributed by atoms with Gasteiger partial charge in [0.15, 0.2) is 0 Å². The van der Waals surface area contributed by atoms with Crippen LogP contribution in [0.5, 0.6) is 0 Å². The summed E-state index contributed by atoms with van der Waals surface area (Å²) in [6, 6.07) is 3.74. The highest BCUT2D eigenvalue weighted by Crippen LogP contribution is 2.52. The monoisotopic (exact) mass is 317 g/mol. The fraction of sp³-hybridized carbons (Fsp3) is 0.647. The van der Waals surface area contributed by atoms with Crippen molar-refractivity contribution in [2.45, 2.75) is 31.5 Å². The molecule has 0 N–H and O–H groups in total. The number of nitrogens with zero attached hydrogens (tertiary/aromatic N) is 3. The van der Waals surface area contributed by atoms with Gasteiger partial charge in [-0.2, -0.15) is 5.26 Å². The molecule has 2 atom stereocenters. The highest BCUT2D eigenvalue weighted by molar-refractivity contribution is 5.93. The lowest BCUT2D eigenvalue weighted by molar-refractivity contribution is -0.209. The summed E-state index contributed by atoms with van der Waals surface area (Å²) in [5.41, 5.74) is 1.13. The largest absolute Gasteiger partial charge is 0.381 e. The number of nitriles is 1. The van der Waals surface area contributed by atoms with E-state index in [1.807, 2.05) is 4.90 Å². The number of carbonyl (C=O) groups is 1. The molecule has 6 heteroatoms. The molecule has 2 fully saturated rings. The lowest BCUT2D eigenvalue weighted by Crippen LogP contribution is -2.63. The Bertz CT molecular complexity index is 626. The fourth-order valence-electron chi connectivity index (χ4n) is 4.14. The summed E-state index contributed by atoms with van der Waals surface area (Å²) in [5, 5.41) is 8.97. The molecule has 1 amide bonds. The summed E-state index contributed by atoms with van der Waals surface area (Å²) >= 11 is 0. The van der Waals surface area contributed by atoms with Gasteiger partial charge in [0.1, 0.15) is 11.8 Å². The number of piperidine rings is 1. The fourth-order valence-corrected chi connectivity index (χ4v) is 4.14. The van der Waals surface area contributed by atoms with Crippen molar-refractivity contribution >= 4 is 5.91 Å². The Morgan fingerprint density at radius 3 is 2.39 bits per heavy atom. The van der Waals surface area contributed by atoms with Crippen molar-refractivity contribution in [3.05, 3.63) is 23.5 Å². The average Bonchev–Trinajstić information content (AvgIpc) is 2.95. The Morgan fingerprint density at radius 2 is 1.91 bits per heavy atom. The molecule has 3 rings (SSSR count). The van der Waals surface area contributed by atoms with Gasteiger partial charge in [-0.3, -0.25) is 4.79 Å². The summed E-state index contributed by atoms with van der Waals surface area (Å²) < 4.78 is 12.9. The van der Waals surface area contributed by atoms with Gasteiger partial charge in [0, 0.05) is 52.4 Å². The van der Waals surface area contributed by atoms with Crippen molar-refractivity contribution in [3.8, 4) is 6.07 Å². The first-order valence-corrected chi connectivity index (χ1v) is 7.97. The minimum Gasteiger partial charge on any atom is -0.381 e. The first-order valence-electron chi connectivity index (χ1n) is 7.97. The van der Waals surface area contributed by atoms with Gasteiger partial charge in [-0.15, -0.1) is 0 Å². The predicted octanol–water partition coefficient (Wildman–Crippen LogP) is 1.55. The molecule has 1 aliphatic heterocycles. The molecule has 124 valence electrons. The van der Waals surface area contributed by atoms with Gasteiger partial charge in [0.25, 0.3) is 5.91 Å². The maximum atomic E-state index is 12.7. The van der Waals surface area contributed by atoms with Crippen molar-refractivity contribution in [2.75, 3.05) is 27.3 Å². The van der Waals surface area contributed by atoms with Gasteiger partial charge in [0.05, 0.1) is 17.8 Å². The second-order valence-corrected chi connectivity index (χ2v) is 6.55. The molecule has 1 saturated heterocycles. The maximum absolute atomic E-state index is 12.7. The number of ether oxygens (including phenoxy) is 2. The van der Waals surface area contributed by atoms with Gasteiger partial charge in [0.2, 0.25) is 0 Å². The zero-order valence-corrected chi connectivity index (χ0v) is 13.9. The van der Waals surface area contributed by atoms with E-state index in [0.29, 0.717) is 24.3 Å². The zero-order valence-electron chi connectivity index (χ0n) is 13.9. The predicted molar refractivity (Wildman–Crippen MR) is 83.9 cm³/mol. The van der Waals surface area contributed by atoms with Gasteiger partial charge in [-0.05, 0) is 18.9 Å². The topological polar surface area (TPSA) is 67.5 Å². The first-order chi connectivity index (χ1) is 11.1. The van der Waals surface area contributed by atoms with Crippen LogP contribution >= 0.6 is 0 Å². The number of aromatic nitrogens is 1. The lowest BCUT2D eigenvalue weighted by atomic mass is 9.58. The molecule has 1 aromatic rings. The number of carbonyl (C=O) groups excluding carboxylic acids is 1. The molecular formula is C17H23N3O3. The Kier molecular flexibility index (Phi) is 4.17. The summed E-state index contributed by atoms with van der Waals surface area (Å²) in [6.45, 7) is 1.40. The zero-order chi connectivity index (χ0) is 16.6. The summed E-state index contributed by atoms with van der Waals surface area (Å²) in [7, 11) is 5.31. The Balaban J connectivity index is 1.70. The van der Waals surface area contributed by atoms with Crippen LogP contribution in [-0.2, 0) is 16.5 Å². The number of methoxy groups -OCH3 is 2. The molecule has 0 aromatic carbocycles. The molecule has 1 spiro atoms. The molecule has 1 aromatic heterocycles. The van der Waals surface area contributed by atoms with Crippen molar-refractivity contribution < 1.29 is 14.3 Å². The van der Waals surface area contributed by atoms with E-state index in [4.69, 9.17) is 14.7 Å². The van der Waals surface area contributed by atoms with E-state index in [1.165, 1.54) is 0 Å². The third-order valence-corrected chi connectivity index (χ3v) is 5.61. The number of hydrogen-bond acceptors (Lipinski definition) is 4. The standard InChI is InChI=1S/C17H23N3O3/c1-19-11-12(10-18)8-13(19)16(21)20-6-4-17(5-7-20)14(22-2)9-15(17)23-3/h8,11,14-15H,4-7,9H2,1-3H3. The van der Waals surface area contributed by atoms with Crippen LogP contribution in [0, 0.1) is 16.7 Å². The Labute approximate surface area is 136 Å². The van der Waals surface area contributed by atoms with Crippen LogP contribution in [0.2, 0.25) is 0 Å². The number of hydrogen-bond donors (Lipinski definition) is 0. The van der Waals surface area contributed by atoms with E-state index < -0.39 is 0 Å². The van der Waals surface area contributed by atoms with Crippen LogP contribution in [0.15, 0.2) is 12.3 Å². The number of likely N-dealkylation sites (tertiary alicyclic amines) is 1. The molecule has 1 aliphatic carbocycles. The van der Waals surface area contributed by atoms with E-state index >= 15 is 0 Å². The highest BCUT2D eigenvalue weighted by atomic mass is 16.5. The van der Waals surface area contributed by atoms with Gasteiger partial charge >= 0.3 is 0 Å². The van der Waals surface area contributed by atoms with Crippen molar-refractivity contribution in [2.24, 2.45) is 12.5 Å². The smallest absolute Gasteiger partial charge is 0.270 e. The normalized spacial score (nSPS) is 25.9. The molecule has 2 unspecified atom stereocenters. The van der Waals surface area contributed by atoms with Crippen LogP contribution < -0.4 is 0 Å². The molecule has 0 bridgehead atoms. The lowest BCUT2D eigenvalue weighted by Gasteiger charge is -2.57. The second-order valence-electron chi connectivity index (χ2n) is 6.55. The van der Waals surface area contributed by atoms with Crippen LogP contribution in [-0.4, -0.2) is 54.9 Å². The van der Waals surface area contributed by atoms with E-state index in [2.05, 4.69) is 6.07 Å². The first kappa shape index (κ1) is 16.0. The quantitative estimate of drug-likeness (QED) is 0.848. The molecule has 23 heavy (non-hydrogen) atoms. The van der Waals surface area contributed by atoms with Gasteiger partial charge in [-0.25, -0.2) is 0 Å². The van der Waals surface area contributed by atoms with Crippen molar-refractivity contribution in [1.82, 2.24) is 9.47 Å². The van der Waals surface area contributed by atoms with Crippen molar-refractivity contribution in [1.29, 1.82) is 5.26 Å². The van der Waals surface area contributed by atoms with Gasteiger partial charge < -0.3 is 18.9 Å². The van der Waals surface area contributed by atoms with Crippen LogP contribution in [0.25, 0.3) is 0 Å². The van der Waals surface area contributed by atoms with E-state index in [9.17, 15) is 4.79 Å². The van der Waals surface area contributed by atoms with Gasteiger partial charge in [-0.1, -0.05) is 0 Å². The number of aryl methyl sites for hydroxylation is 1.